The lowest BCUT2D eigenvalue weighted by atomic mass is 10.1. The van der Waals surface area contributed by atoms with Crippen molar-refractivity contribution < 1.29 is 27.8 Å². The lowest BCUT2D eigenvalue weighted by molar-refractivity contribution is -0.274. The smallest absolute Gasteiger partial charge is 0.481 e. The molecule has 2 aromatic rings. The van der Waals surface area contributed by atoms with E-state index in [0.717, 1.165) is 6.07 Å². The van der Waals surface area contributed by atoms with Crippen LogP contribution in [0.5, 0.6) is 5.75 Å². The average Bonchev–Trinajstić information content (AvgIpc) is 2.39. The van der Waals surface area contributed by atoms with Crippen LogP contribution in [0.1, 0.15) is 5.56 Å². The van der Waals surface area contributed by atoms with Gasteiger partial charge < -0.3 is 9.84 Å². The van der Waals surface area contributed by atoms with Crippen LogP contribution < -0.4 is 4.74 Å². The fourth-order valence-electron chi connectivity index (χ4n) is 1.80. The molecule has 1 heterocycles. The Bertz CT molecular complexity index is 704. The number of carbonyl (C=O) groups is 1. The van der Waals surface area contributed by atoms with Crippen LogP contribution >= 0.6 is 11.6 Å². The zero-order valence-electron chi connectivity index (χ0n) is 10.9. The number of halogens is 4. The second kappa shape index (κ2) is 6.23. The topological polar surface area (TPSA) is 59.4 Å². The van der Waals surface area contributed by atoms with E-state index in [4.69, 9.17) is 16.7 Å². The highest BCUT2D eigenvalue weighted by atomic mass is 35.5. The number of nitrogens with zero attached hydrogens (tertiary/aromatic N) is 1. The first-order chi connectivity index (χ1) is 10.3. The van der Waals surface area contributed by atoms with Crippen molar-refractivity contribution in [3.8, 4) is 17.0 Å². The summed E-state index contributed by atoms with van der Waals surface area (Å²) in [5.41, 5.74) is 0.523. The van der Waals surface area contributed by atoms with Crippen LogP contribution in [-0.4, -0.2) is 22.4 Å². The molecule has 4 nitrogen and oxygen atoms in total. The number of para-hydroxylation sites is 1. The molecule has 1 N–H and O–H groups in total. The molecule has 0 amide bonds. The summed E-state index contributed by atoms with van der Waals surface area (Å²) in [5.74, 6) is -1.50. The molecule has 0 bridgehead atoms. The number of carboxylic acid groups (broad SMARTS) is 1. The molecule has 22 heavy (non-hydrogen) atoms. The van der Waals surface area contributed by atoms with Gasteiger partial charge in [0, 0.05) is 11.1 Å². The van der Waals surface area contributed by atoms with Gasteiger partial charge in [-0.25, -0.2) is 4.98 Å². The summed E-state index contributed by atoms with van der Waals surface area (Å²) in [4.78, 5) is 14.6. The van der Waals surface area contributed by atoms with E-state index in [-0.39, 0.29) is 28.4 Å². The predicted molar refractivity (Wildman–Crippen MR) is 72.7 cm³/mol. The first-order valence-corrected chi connectivity index (χ1v) is 6.36. The number of aromatic nitrogens is 1. The molecule has 0 aliphatic carbocycles. The molecular weight excluding hydrogens is 323 g/mol. The Morgan fingerprint density at radius 3 is 2.50 bits per heavy atom. The Hall–Kier alpha value is -2.28. The van der Waals surface area contributed by atoms with Crippen molar-refractivity contribution >= 4 is 17.6 Å². The third-order valence-electron chi connectivity index (χ3n) is 2.66. The normalized spacial score (nSPS) is 11.3. The van der Waals surface area contributed by atoms with E-state index in [1.54, 1.807) is 0 Å². The highest BCUT2D eigenvalue weighted by Gasteiger charge is 2.32. The monoisotopic (exact) mass is 331 g/mol. The molecule has 0 unspecified atom stereocenters. The molecule has 0 spiro atoms. The number of carboxylic acids is 1. The van der Waals surface area contributed by atoms with Gasteiger partial charge in [-0.3, -0.25) is 4.79 Å². The van der Waals surface area contributed by atoms with Gasteiger partial charge in [0.05, 0.1) is 12.1 Å². The van der Waals surface area contributed by atoms with Crippen molar-refractivity contribution in [2.24, 2.45) is 0 Å². The molecule has 8 heteroatoms. The maximum Gasteiger partial charge on any atom is 0.573 e. The van der Waals surface area contributed by atoms with Gasteiger partial charge in [-0.1, -0.05) is 29.8 Å². The Kier molecular flexibility index (Phi) is 4.56. The van der Waals surface area contributed by atoms with Crippen molar-refractivity contribution in [1.29, 1.82) is 0 Å². The second-order valence-electron chi connectivity index (χ2n) is 4.26. The molecule has 0 aliphatic rings. The van der Waals surface area contributed by atoms with Gasteiger partial charge in [0.25, 0.3) is 0 Å². The number of aliphatic carboxylic acids is 1. The zero-order chi connectivity index (χ0) is 16.3. The van der Waals surface area contributed by atoms with Crippen LogP contribution in [0.2, 0.25) is 5.15 Å². The molecule has 0 aliphatic heterocycles. The van der Waals surface area contributed by atoms with E-state index in [9.17, 15) is 18.0 Å². The summed E-state index contributed by atoms with van der Waals surface area (Å²) in [7, 11) is 0. The Morgan fingerprint density at radius 1 is 1.23 bits per heavy atom. The van der Waals surface area contributed by atoms with Crippen molar-refractivity contribution in [2.75, 3.05) is 0 Å². The molecular formula is C14H9ClF3NO3. The van der Waals surface area contributed by atoms with Crippen molar-refractivity contribution in [3.05, 3.63) is 47.1 Å². The maximum absolute atomic E-state index is 12.4. The maximum atomic E-state index is 12.4. The molecule has 116 valence electrons. The Labute approximate surface area is 128 Å². The van der Waals surface area contributed by atoms with Crippen LogP contribution in [0.4, 0.5) is 13.2 Å². The highest BCUT2D eigenvalue weighted by Crippen LogP contribution is 2.33. The van der Waals surface area contributed by atoms with Crippen LogP contribution in [-0.2, 0) is 11.2 Å². The average molecular weight is 332 g/mol. The molecule has 1 aromatic carbocycles. The van der Waals surface area contributed by atoms with Gasteiger partial charge in [-0.2, -0.15) is 0 Å². The van der Waals surface area contributed by atoms with Crippen LogP contribution in [0.15, 0.2) is 36.4 Å². The van der Waals surface area contributed by atoms with Gasteiger partial charge >= 0.3 is 12.3 Å². The minimum Gasteiger partial charge on any atom is -0.481 e. The molecule has 0 saturated heterocycles. The minimum absolute atomic E-state index is 0.0817. The number of hydrogen-bond acceptors (Lipinski definition) is 3. The molecule has 1 aromatic heterocycles. The lowest BCUT2D eigenvalue weighted by Crippen LogP contribution is -2.17. The van der Waals surface area contributed by atoms with E-state index in [1.807, 2.05) is 0 Å². The van der Waals surface area contributed by atoms with Gasteiger partial charge in [0.2, 0.25) is 0 Å². The standard InChI is InChI=1S/C14H9ClF3NO3/c15-13-8(7-12(20)21)5-6-10(19-13)9-3-1-2-4-11(9)22-14(16,17)18/h1-6H,7H2,(H,20,21). The fraction of sp³-hybridized carbons (Fsp3) is 0.143. The van der Waals surface area contributed by atoms with E-state index >= 15 is 0 Å². The van der Waals surface area contributed by atoms with Gasteiger partial charge in [0.15, 0.2) is 0 Å². The van der Waals surface area contributed by atoms with Gasteiger partial charge in [-0.15, -0.1) is 13.2 Å². The SMILES string of the molecule is O=C(O)Cc1ccc(-c2ccccc2OC(F)(F)F)nc1Cl. The zero-order valence-corrected chi connectivity index (χ0v) is 11.6. The second-order valence-corrected chi connectivity index (χ2v) is 4.62. The van der Waals surface area contributed by atoms with Crippen LogP contribution in [0.25, 0.3) is 11.3 Å². The van der Waals surface area contributed by atoms with Crippen LogP contribution in [0.3, 0.4) is 0 Å². The molecule has 0 radical (unpaired) electrons. The number of hydrogen-bond donors (Lipinski definition) is 1. The highest BCUT2D eigenvalue weighted by molar-refractivity contribution is 6.30. The first-order valence-electron chi connectivity index (χ1n) is 5.98. The summed E-state index contributed by atoms with van der Waals surface area (Å²) in [6, 6.07) is 8.27. The van der Waals surface area contributed by atoms with Crippen molar-refractivity contribution in [3.63, 3.8) is 0 Å². The van der Waals surface area contributed by atoms with Crippen LogP contribution in [0, 0.1) is 0 Å². The largest absolute Gasteiger partial charge is 0.573 e. The molecule has 0 atom stereocenters. The molecule has 2 rings (SSSR count). The predicted octanol–water partition coefficient (Wildman–Crippen LogP) is 3.93. The van der Waals surface area contributed by atoms with Gasteiger partial charge in [0.1, 0.15) is 10.9 Å². The number of rotatable bonds is 4. The minimum atomic E-state index is -4.83. The lowest BCUT2D eigenvalue weighted by Gasteiger charge is -2.13. The first kappa shape index (κ1) is 16.1. The quantitative estimate of drug-likeness (QED) is 0.862. The third kappa shape index (κ3) is 4.11. The van der Waals surface area contributed by atoms with Crippen molar-refractivity contribution in [1.82, 2.24) is 4.98 Å². The number of pyridine rings is 1. The molecule has 0 saturated carbocycles. The summed E-state index contributed by atoms with van der Waals surface area (Å²) in [6.45, 7) is 0. The number of alkyl halides is 3. The summed E-state index contributed by atoms with van der Waals surface area (Å²) in [6.07, 6.45) is -5.16. The van der Waals surface area contributed by atoms with E-state index in [0.29, 0.717) is 0 Å². The number of ether oxygens (including phenoxy) is 1. The Morgan fingerprint density at radius 2 is 1.91 bits per heavy atom. The van der Waals surface area contributed by atoms with E-state index in [1.165, 1.54) is 30.3 Å². The summed E-state index contributed by atoms with van der Waals surface area (Å²) < 4.78 is 41.1. The Balaban J connectivity index is 2.40. The fourth-order valence-corrected chi connectivity index (χ4v) is 2.02. The van der Waals surface area contributed by atoms with E-state index < -0.39 is 18.1 Å². The summed E-state index contributed by atoms with van der Waals surface area (Å²) >= 11 is 5.87. The third-order valence-corrected chi connectivity index (χ3v) is 2.98. The van der Waals surface area contributed by atoms with E-state index in [2.05, 4.69) is 9.72 Å². The summed E-state index contributed by atoms with van der Waals surface area (Å²) in [5, 5.41) is 8.64. The number of benzene rings is 1. The van der Waals surface area contributed by atoms with Crippen molar-refractivity contribution in [2.45, 2.75) is 12.8 Å². The van der Waals surface area contributed by atoms with Gasteiger partial charge in [-0.05, 0) is 18.2 Å². The molecule has 0 fully saturated rings.